The van der Waals surface area contributed by atoms with Gasteiger partial charge < -0.3 is 9.45 Å². The predicted molar refractivity (Wildman–Crippen MR) is 70.0 cm³/mol. The Morgan fingerprint density at radius 1 is 1.39 bits per heavy atom. The summed E-state index contributed by atoms with van der Waals surface area (Å²) < 4.78 is 2.02. The fourth-order valence-corrected chi connectivity index (χ4v) is 2.07. The van der Waals surface area contributed by atoms with Crippen LogP contribution in [0.15, 0.2) is 30.7 Å². The van der Waals surface area contributed by atoms with Crippen LogP contribution in [-0.2, 0) is 23.9 Å². The number of nitrogens with zero attached hydrogens (tertiary/aromatic N) is 2. The molecule has 0 spiro atoms. The van der Waals surface area contributed by atoms with E-state index in [9.17, 15) is 0 Å². The maximum Gasteiger partial charge on any atom is 0.171 e. The van der Waals surface area contributed by atoms with Gasteiger partial charge in [0, 0.05) is 18.3 Å². The number of benzene rings is 1. The number of imidazole rings is 1. The number of halogens is 2. The van der Waals surface area contributed by atoms with E-state index in [2.05, 4.69) is 11.1 Å². The van der Waals surface area contributed by atoms with Crippen molar-refractivity contribution in [1.82, 2.24) is 9.55 Å². The van der Waals surface area contributed by atoms with Crippen LogP contribution in [0.25, 0.3) is 0 Å². The monoisotopic (exact) mass is 286 g/mol. The summed E-state index contributed by atoms with van der Waals surface area (Å²) in [5.41, 5.74) is 3.22. The highest BCUT2D eigenvalue weighted by Crippen LogP contribution is 2.27. The molecule has 6 heteroatoms. The first-order chi connectivity index (χ1) is 8.36. The lowest BCUT2D eigenvalue weighted by atomic mass is 10.1. The topological polar surface area (TPSA) is 36.3 Å². The standard InChI is InChI=1S/C12H11ClN2O2.ClH/c13-4-11-5-14-8-15(11)6-9-1-2-10-7-16-17-12(10)3-9;/h1-3,5,8H,4,6-7H2;1H. The van der Waals surface area contributed by atoms with Crippen LogP contribution in [0.1, 0.15) is 16.8 Å². The van der Waals surface area contributed by atoms with Gasteiger partial charge in [0.05, 0.1) is 17.9 Å². The average molecular weight is 287 g/mol. The third kappa shape index (κ3) is 2.46. The Kier molecular flexibility index (Phi) is 4.11. The largest absolute Gasteiger partial charge is 0.337 e. The Hall–Kier alpha value is -1.23. The summed E-state index contributed by atoms with van der Waals surface area (Å²) in [7, 11) is 0. The highest BCUT2D eigenvalue weighted by Gasteiger charge is 2.14. The molecule has 1 aromatic heterocycles. The van der Waals surface area contributed by atoms with Crippen LogP contribution in [0.3, 0.4) is 0 Å². The number of hydrogen-bond acceptors (Lipinski definition) is 3. The normalized spacial score (nSPS) is 12.7. The number of fused-ring (bicyclic) bond motifs is 1. The second-order valence-electron chi connectivity index (χ2n) is 3.93. The van der Waals surface area contributed by atoms with Gasteiger partial charge in [-0.2, -0.15) is 4.89 Å². The van der Waals surface area contributed by atoms with E-state index in [0.29, 0.717) is 12.5 Å². The van der Waals surface area contributed by atoms with E-state index >= 15 is 0 Å². The fourth-order valence-electron chi connectivity index (χ4n) is 1.85. The van der Waals surface area contributed by atoms with Crippen LogP contribution in [0, 0.1) is 0 Å². The Morgan fingerprint density at radius 3 is 3.11 bits per heavy atom. The molecule has 18 heavy (non-hydrogen) atoms. The van der Waals surface area contributed by atoms with Crippen molar-refractivity contribution in [3.8, 4) is 5.75 Å². The van der Waals surface area contributed by atoms with Crippen molar-refractivity contribution in [2.45, 2.75) is 19.0 Å². The van der Waals surface area contributed by atoms with Crippen molar-refractivity contribution in [2.24, 2.45) is 0 Å². The summed E-state index contributed by atoms with van der Waals surface area (Å²) >= 11 is 5.83. The van der Waals surface area contributed by atoms with Gasteiger partial charge in [0.1, 0.15) is 6.61 Å². The molecule has 1 aliphatic rings. The number of aromatic nitrogens is 2. The molecule has 0 radical (unpaired) electrons. The van der Waals surface area contributed by atoms with Crippen LogP contribution >= 0.6 is 24.0 Å². The number of alkyl halides is 1. The molecular weight excluding hydrogens is 275 g/mol. The SMILES string of the molecule is Cl.ClCc1cncn1Cc1ccc2c(c1)OOC2. The van der Waals surface area contributed by atoms with Crippen molar-refractivity contribution in [3.63, 3.8) is 0 Å². The van der Waals surface area contributed by atoms with Crippen LogP contribution in [-0.4, -0.2) is 9.55 Å². The van der Waals surface area contributed by atoms with E-state index in [0.717, 1.165) is 29.1 Å². The zero-order valence-electron chi connectivity index (χ0n) is 9.51. The zero-order valence-corrected chi connectivity index (χ0v) is 11.1. The van der Waals surface area contributed by atoms with Gasteiger partial charge in [-0.05, 0) is 11.6 Å². The van der Waals surface area contributed by atoms with E-state index in [1.54, 1.807) is 12.5 Å². The average Bonchev–Trinajstić information content (AvgIpc) is 2.96. The van der Waals surface area contributed by atoms with Gasteiger partial charge in [0.15, 0.2) is 5.75 Å². The lowest BCUT2D eigenvalue weighted by Gasteiger charge is -2.06. The van der Waals surface area contributed by atoms with E-state index in [1.807, 2.05) is 16.7 Å². The highest BCUT2D eigenvalue weighted by molar-refractivity contribution is 6.16. The third-order valence-corrected chi connectivity index (χ3v) is 3.06. The molecule has 3 rings (SSSR count). The van der Waals surface area contributed by atoms with Gasteiger partial charge in [0.2, 0.25) is 0 Å². The molecule has 0 saturated carbocycles. The van der Waals surface area contributed by atoms with Crippen molar-refractivity contribution < 1.29 is 9.78 Å². The minimum atomic E-state index is 0. The van der Waals surface area contributed by atoms with Gasteiger partial charge in [0.25, 0.3) is 0 Å². The molecule has 0 N–H and O–H groups in total. The van der Waals surface area contributed by atoms with Crippen LogP contribution in [0.4, 0.5) is 0 Å². The Bertz CT molecular complexity index is 543. The van der Waals surface area contributed by atoms with Crippen molar-refractivity contribution in [2.75, 3.05) is 0 Å². The molecule has 1 aliphatic heterocycles. The summed E-state index contributed by atoms with van der Waals surface area (Å²) in [5, 5.41) is 0. The Morgan fingerprint density at radius 2 is 2.28 bits per heavy atom. The van der Waals surface area contributed by atoms with Gasteiger partial charge in [-0.25, -0.2) is 4.98 Å². The van der Waals surface area contributed by atoms with Crippen LogP contribution < -0.4 is 4.89 Å². The minimum absolute atomic E-state index is 0. The summed E-state index contributed by atoms with van der Waals surface area (Å²) in [6.07, 6.45) is 3.56. The Labute approximate surface area is 116 Å². The highest BCUT2D eigenvalue weighted by atomic mass is 35.5. The fraction of sp³-hybridized carbons (Fsp3) is 0.250. The molecule has 96 valence electrons. The van der Waals surface area contributed by atoms with Crippen molar-refractivity contribution >= 4 is 24.0 Å². The Balaban J connectivity index is 0.00000120. The molecule has 0 saturated heterocycles. The predicted octanol–water partition coefficient (Wildman–Crippen LogP) is 2.92. The molecule has 2 aromatic rings. The molecule has 0 atom stereocenters. The number of hydrogen-bond donors (Lipinski definition) is 0. The maximum absolute atomic E-state index is 5.83. The zero-order chi connectivity index (χ0) is 11.7. The second-order valence-corrected chi connectivity index (χ2v) is 4.20. The lowest BCUT2D eigenvalue weighted by molar-refractivity contribution is -0.194. The number of rotatable bonds is 3. The first-order valence-electron chi connectivity index (χ1n) is 5.33. The molecule has 0 amide bonds. The van der Waals surface area contributed by atoms with Crippen LogP contribution in [0.5, 0.6) is 5.75 Å². The molecular formula is C12H12Cl2N2O2. The minimum Gasteiger partial charge on any atom is -0.337 e. The smallest absolute Gasteiger partial charge is 0.171 e. The van der Waals surface area contributed by atoms with E-state index < -0.39 is 0 Å². The van der Waals surface area contributed by atoms with E-state index in [1.165, 1.54) is 0 Å². The third-order valence-electron chi connectivity index (χ3n) is 2.78. The molecule has 0 aliphatic carbocycles. The summed E-state index contributed by atoms with van der Waals surface area (Å²) in [4.78, 5) is 14.1. The molecule has 0 bridgehead atoms. The molecule has 1 aromatic carbocycles. The van der Waals surface area contributed by atoms with E-state index in [-0.39, 0.29) is 12.4 Å². The molecule has 0 unspecified atom stereocenters. The maximum atomic E-state index is 5.83. The van der Waals surface area contributed by atoms with Crippen molar-refractivity contribution in [3.05, 3.63) is 47.5 Å². The van der Waals surface area contributed by atoms with Gasteiger partial charge in [-0.3, -0.25) is 0 Å². The van der Waals surface area contributed by atoms with Gasteiger partial charge in [-0.1, -0.05) is 12.1 Å². The first-order valence-corrected chi connectivity index (χ1v) is 5.86. The molecule has 0 fully saturated rings. The molecule has 4 nitrogen and oxygen atoms in total. The van der Waals surface area contributed by atoms with Crippen molar-refractivity contribution in [1.29, 1.82) is 0 Å². The van der Waals surface area contributed by atoms with Gasteiger partial charge >= 0.3 is 0 Å². The summed E-state index contributed by atoms with van der Waals surface area (Å²) in [5.74, 6) is 1.26. The van der Waals surface area contributed by atoms with E-state index in [4.69, 9.17) is 21.4 Å². The first kappa shape index (κ1) is 13.2. The summed E-state index contributed by atoms with van der Waals surface area (Å²) in [6.45, 7) is 1.26. The van der Waals surface area contributed by atoms with Crippen LogP contribution in [0.2, 0.25) is 0 Å². The van der Waals surface area contributed by atoms with Gasteiger partial charge in [-0.15, -0.1) is 24.0 Å². The quantitative estimate of drug-likeness (QED) is 0.643. The molecule has 2 heterocycles. The lowest BCUT2D eigenvalue weighted by Crippen LogP contribution is -2.01. The second kappa shape index (κ2) is 5.61. The summed E-state index contributed by atoms with van der Waals surface area (Å²) in [6, 6.07) is 6.07.